The Bertz CT molecular complexity index is 958. The van der Waals surface area contributed by atoms with E-state index in [1.165, 1.54) is 35.5 Å². The molecule has 2 aromatic carbocycles. The number of para-hydroxylation sites is 1. The summed E-state index contributed by atoms with van der Waals surface area (Å²) in [6.45, 7) is -0.0103. The maximum Gasteiger partial charge on any atom is 0.275 e. The number of hydrazone groups is 1. The molecule has 132 valence electrons. The van der Waals surface area contributed by atoms with E-state index in [-0.39, 0.29) is 29.1 Å². The molecule has 26 heavy (non-hydrogen) atoms. The minimum Gasteiger partial charge on any atom is -0.507 e. The number of hydrogen-bond acceptors (Lipinski definition) is 5. The Hall–Kier alpha value is -3.62. The first-order chi connectivity index (χ1) is 12.5. The highest BCUT2D eigenvalue weighted by Gasteiger charge is 2.14. The van der Waals surface area contributed by atoms with Gasteiger partial charge in [-0.05, 0) is 24.3 Å². The van der Waals surface area contributed by atoms with Crippen LogP contribution in [0.4, 0.5) is 8.78 Å². The molecule has 0 radical (unpaired) electrons. The molecule has 0 saturated heterocycles. The van der Waals surface area contributed by atoms with Crippen molar-refractivity contribution < 1.29 is 18.7 Å². The van der Waals surface area contributed by atoms with Gasteiger partial charge in [0.15, 0.2) is 0 Å². The van der Waals surface area contributed by atoms with Crippen LogP contribution in [0.5, 0.6) is 5.75 Å². The Labute approximate surface area is 146 Å². The van der Waals surface area contributed by atoms with E-state index in [0.29, 0.717) is 0 Å². The van der Waals surface area contributed by atoms with E-state index in [4.69, 9.17) is 0 Å². The van der Waals surface area contributed by atoms with Crippen LogP contribution in [-0.4, -0.2) is 31.5 Å². The first-order valence-electron chi connectivity index (χ1n) is 7.47. The van der Waals surface area contributed by atoms with Crippen molar-refractivity contribution in [2.24, 2.45) is 5.10 Å². The molecule has 1 aromatic heterocycles. The standard InChI is InChI=1S/C17H13F2N5O2/c18-11-5-6-12(14(19)7-11)15(8-24-10-20-9-21-24)22-23-17(26)13-3-1-2-4-16(13)25/h1-7,9-10,25H,8H2,(H,23,26)/b22-15+. The van der Waals surface area contributed by atoms with Gasteiger partial charge in [0.05, 0.1) is 17.8 Å². The largest absolute Gasteiger partial charge is 0.507 e. The van der Waals surface area contributed by atoms with Crippen molar-refractivity contribution in [3.63, 3.8) is 0 Å². The number of halogens is 2. The lowest BCUT2D eigenvalue weighted by molar-refractivity contribution is 0.0952. The van der Waals surface area contributed by atoms with Gasteiger partial charge in [-0.2, -0.15) is 10.2 Å². The lowest BCUT2D eigenvalue weighted by Crippen LogP contribution is -2.23. The summed E-state index contributed by atoms with van der Waals surface area (Å²) >= 11 is 0. The molecule has 3 rings (SSSR count). The molecule has 0 aliphatic carbocycles. The number of aromatic hydroxyl groups is 1. The zero-order chi connectivity index (χ0) is 18.5. The lowest BCUT2D eigenvalue weighted by atomic mass is 10.1. The van der Waals surface area contributed by atoms with Gasteiger partial charge in [0.1, 0.15) is 30.0 Å². The SMILES string of the molecule is O=C(N/N=C(\Cn1cncn1)c1ccc(F)cc1F)c1ccccc1O. The van der Waals surface area contributed by atoms with Gasteiger partial charge in [-0.25, -0.2) is 23.9 Å². The molecule has 0 bridgehead atoms. The second kappa shape index (κ2) is 7.51. The van der Waals surface area contributed by atoms with Crippen molar-refractivity contribution in [3.8, 4) is 5.75 Å². The number of aromatic nitrogens is 3. The Balaban J connectivity index is 1.91. The van der Waals surface area contributed by atoms with Crippen LogP contribution in [0.2, 0.25) is 0 Å². The van der Waals surface area contributed by atoms with E-state index in [0.717, 1.165) is 12.1 Å². The summed E-state index contributed by atoms with van der Waals surface area (Å²) in [5.41, 5.74) is 2.36. The molecule has 0 unspecified atom stereocenters. The molecule has 0 fully saturated rings. The van der Waals surface area contributed by atoms with Gasteiger partial charge >= 0.3 is 0 Å². The van der Waals surface area contributed by atoms with Crippen LogP contribution in [0.15, 0.2) is 60.2 Å². The Morgan fingerprint density at radius 2 is 2.00 bits per heavy atom. The van der Waals surface area contributed by atoms with E-state index in [1.54, 1.807) is 12.1 Å². The number of phenolic OH excluding ortho intramolecular Hbond substituents is 1. The van der Waals surface area contributed by atoms with Gasteiger partial charge in [-0.1, -0.05) is 12.1 Å². The first-order valence-corrected chi connectivity index (χ1v) is 7.47. The van der Waals surface area contributed by atoms with Crippen LogP contribution in [0.1, 0.15) is 15.9 Å². The molecule has 2 N–H and O–H groups in total. The van der Waals surface area contributed by atoms with Crippen molar-refractivity contribution in [2.45, 2.75) is 6.54 Å². The van der Waals surface area contributed by atoms with Gasteiger partial charge in [-0.3, -0.25) is 4.79 Å². The number of nitrogens with one attached hydrogen (secondary N) is 1. The quantitative estimate of drug-likeness (QED) is 0.540. The molecule has 0 spiro atoms. The molecule has 7 nitrogen and oxygen atoms in total. The summed E-state index contributed by atoms with van der Waals surface area (Å²) in [5, 5.41) is 17.5. The predicted octanol–water partition coefficient (Wildman–Crippen LogP) is 2.10. The van der Waals surface area contributed by atoms with Crippen LogP contribution in [0.25, 0.3) is 0 Å². The van der Waals surface area contributed by atoms with Crippen molar-refractivity contribution in [1.29, 1.82) is 0 Å². The number of phenols is 1. The summed E-state index contributed by atoms with van der Waals surface area (Å²) in [5.74, 6) is -2.46. The average molecular weight is 357 g/mol. The number of benzene rings is 2. The third kappa shape index (κ3) is 3.89. The normalized spacial score (nSPS) is 11.4. The lowest BCUT2D eigenvalue weighted by Gasteiger charge is -2.09. The molecule has 0 saturated carbocycles. The van der Waals surface area contributed by atoms with Crippen molar-refractivity contribution in [2.75, 3.05) is 0 Å². The number of rotatable bonds is 5. The molecule has 0 atom stereocenters. The third-order valence-electron chi connectivity index (χ3n) is 3.46. The number of hydrogen-bond donors (Lipinski definition) is 2. The molecule has 1 heterocycles. The predicted molar refractivity (Wildman–Crippen MR) is 88.5 cm³/mol. The highest BCUT2D eigenvalue weighted by atomic mass is 19.1. The van der Waals surface area contributed by atoms with E-state index in [9.17, 15) is 18.7 Å². The number of carbonyl (C=O) groups excluding carboxylic acids is 1. The molecule has 0 aliphatic heterocycles. The highest BCUT2D eigenvalue weighted by molar-refractivity contribution is 6.02. The van der Waals surface area contributed by atoms with Crippen LogP contribution < -0.4 is 5.43 Å². The van der Waals surface area contributed by atoms with Crippen molar-refractivity contribution in [1.82, 2.24) is 20.2 Å². The smallest absolute Gasteiger partial charge is 0.275 e. The third-order valence-corrected chi connectivity index (χ3v) is 3.46. The summed E-state index contributed by atoms with van der Waals surface area (Å²) in [6, 6.07) is 8.93. The van der Waals surface area contributed by atoms with Crippen LogP contribution >= 0.6 is 0 Å². The minimum absolute atomic E-state index is 0.000478. The number of carbonyl (C=O) groups is 1. The van der Waals surface area contributed by atoms with Crippen LogP contribution in [-0.2, 0) is 6.54 Å². The Morgan fingerprint density at radius 3 is 2.69 bits per heavy atom. The van der Waals surface area contributed by atoms with Crippen LogP contribution in [0.3, 0.4) is 0 Å². The van der Waals surface area contributed by atoms with E-state index < -0.39 is 17.5 Å². The molecule has 9 heteroatoms. The Morgan fingerprint density at radius 1 is 1.19 bits per heavy atom. The molecular formula is C17H13F2N5O2. The summed E-state index contributed by atoms with van der Waals surface area (Å²) in [6.07, 6.45) is 2.68. The fourth-order valence-corrected chi connectivity index (χ4v) is 2.22. The minimum atomic E-state index is -0.833. The van der Waals surface area contributed by atoms with Crippen molar-refractivity contribution in [3.05, 3.63) is 77.9 Å². The van der Waals surface area contributed by atoms with Gasteiger partial charge < -0.3 is 5.11 Å². The molecular weight excluding hydrogens is 344 g/mol. The first kappa shape index (κ1) is 17.2. The monoisotopic (exact) mass is 357 g/mol. The average Bonchev–Trinajstić information content (AvgIpc) is 3.12. The zero-order valence-electron chi connectivity index (χ0n) is 13.3. The maximum atomic E-state index is 14.1. The van der Waals surface area contributed by atoms with Crippen LogP contribution in [0, 0.1) is 11.6 Å². The van der Waals surface area contributed by atoms with Crippen molar-refractivity contribution >= 4 is 11.6 Å². The number of amides is 1. The van der Waals surface area contributed by atoms with Gasteiger partial charge in [0.2, 0.25) is 0 Å². The van der Waals surface area contributed by atoms with Gasteiger partial charge in [-0.15, -0.1) is 0 Å². The molecule has 3 aromatic rings. The fourth-order valence-electron chi connectivity index (χ4n) is 2.22. The summed E-state index contributed by atoms with van der Waals surface area (Å²) in [4.78, 5) is 16.0. The van der Waals surface area contributed by atoms with E-state index in [2.05, 4.69) is 20.6 Å². The van der Waals surface area contributed by atoms with Gasteiger partial charge in [0.25, 0.3) is 5.91 Å². The molecule has 1 amide bonds. The zero-order valence-corrected chi connectivity index (χ0v) is 13.3. The summed E-state index contributed by atoms with van der Waals surface area (Å²) < 4.78 is 28.7. The van der Waals surface area contributed by atoms with Gasteiger partial charge in [0, 0.05) is 11.6 Å². The second-order valence-corrected chi connectivity index (χ2v) is 5.23. The Kier molecular flexibility index (Phi) is 4.97. The summed E-state index contributed by atoms with van der Waals surface area (Å²) in [7, 11) is 0. The van der Waals surface area contributed by atoms with E-state index in [1.807, 2.05) is 0 Å². The second-order valence-electron chi connectivity index (χ2n) is 5.23. The topological polar surface area (TPSA) is 92.4 Å². The highest BCUT2D eigenvalue weighted by Crippen LogP contribution is 2.15. The van der Waals surface area contributed by atoms with E-state index >= 15 is 0 Å². The number of nitrogens with zero attached hydrogens (tertiary/aromatic N) is 4. The fraction of sp³-hybridized carbons (Fsp3) is 0.0588. The molecule has 0 aliphatic rings. The maximum absolute atomic E-state index is 14.1.